The molecule has 0 unspecified atom stereocenters. The van der Waals surface area contributed by atoms with Crippen molar-refractivity contribution in [3.8, 4) is 17.2 Å². The summed E-state index contributed by atoms with van der Waals surface area (Å²) in [6, 6.07) is 9.55. The molecule has 0 N–H and O–H groups in total. The molecule has 1 amide bonds. The average Bonchev–Trinajstić information content (AvgIpc) is 3.42. The SMILES string of the molecule is COc1ccc(C)c2sc(N(CCCN(C)C)C(=O)C=Cc3ccc4c(c3)OCO4)nc12. The molecule has 0 saturated heterocycles. The topological polar surface area (TPSA) is 64.1 Å². The number of hydrogen-bond acceptors (Lipinski definition) is 7. The summed E-state index contributed by atoms with van der Waals surface area (Å²) in [5, 5.41) is 0.673. The van der Waals surface area contributed by atoms with Crippen molar-refractivity contribution in [2.75, 3.05) is 46.0 Å². The van der Waals surface area contributed by atoms with Gasteiger partial charge < -0.3 is 19.1 Å². The van der Waals surface area contributed by atoms with Crippen LogP contribution >= 0.6 is 11.3 Å². The molecule has 0 aliphatic carbocycles. The van der Waals surface area contributed by atoms with Crippen LogP contribution in [0.2, 0.25) is 0 Å². The molecule has 0 spiro atoms. The van der Waals surface area contributed by atoms with Gasteiger partial charge in [-0.1, -0.05) is 23.5 Å². The van der Waals surface area contributed by atoms with Gasteiger partial charge in [0.25, 0.3) is 5.91 Å². The standard InChI is InChI=1S/C24H27N3O4S/c1-16-6-9-19(29-4)22-23(16)32-24(25-22)27(13-5-12-26(2)3)21(28)11-8-17-7-10-18-20(14-17)31-15-30-18/h6-11,14H,5,12-13,15H2,1-4H3. The lowest BCUT2D eigenvalue weighted by atomic mass is 10.2. The number of benzene rings is 2. The summed E-state index contributed by atoms with van der Waals surface area (Å²) in [6.45, 7) is 3.72. The monoisotopic (exact) mass is 453 g/mol. The van der Waals surface area contributed by atoms with E-state index in [1.54, 1.807) is 24.2 Å². The quantitative estimate of drug-likeness (QED) is 0.473. The highest BCUT2D eigenvalue weighted by Crippen LogP contribution is 2.37. The number of thiazole rings is 1. The van der Waals surface area contributed by atoms with E-state index < -0.39 is 0 Å². The summed E-state index contributed by atoms with van der Waals surface area (Å²) in [6.07, 6.45) is 4.22. The van der Waals surface area contributed by atoms with Crippen molar-refractivity contribution in [3.05, 3.63) is 47.5 Å². The van der Waals surface area contributed by atoms with E-state index in [4.69, 9.17) is 19.2 Å². The number of amides is 1. The van der Waals surface area contributed by atoms with Crippen molar-refractivity contribution in [1.29, 1.82) is 0 Å². The average molecular weight is 454 g/mol. The molecule has 3 aromatic rings. The van der Waals surface area contributed by atoms with E-state index in [-0.39, 0.29) is 12.7 Å². The lowest BCUT2D eigenvalue weighted by Gasteiger charge is -2.19. The highest BCUT2D eigenvalue weighted by atomic mass is 32.1. The van der Waals surface area contributed by atoms with Crippen LogP contribution < -0.4 is 19.1 Å². The molecular weight excluding hydrogens is 426 g/mol. The van der Waals surface area contributed by atoms with E-state index in [0.717, 1.165) is 40.1 Å². The van der Waals surface area contributed by atoms with E-state index in [0.29, 0.717) is 23.2 Å². The fourth-order valence-electron chi connectivity index (χ4n) is 3.50. The van der Waals surface area contributed by atoms with Crippen molar-refractivity contribution in [1.82, 2.24) is 9.88 Å². The second kappa shape index (κ2) is 9.58. The van der Waals surface area contributed by atoms with E-state index >= 15 is 0 Å². The molecule has 4 rings (SSSR count). The number of anilines is 1. The Labute approximate surface area is 191 Å². The second-order valence-electron chi connectivity index (χ2n) is 7.85. The van der Waals surface area contributed by atoms with E-state index in [2.05, 4.69) is 4.90 Å². The number of aryl methyl sites for hydroxylation is 1. The highest BCUT2D eigenvalue weighted by Gasteiger charge is 2.20. The van der Waals surface area contributed by atoms with Crippen molar-refractivity contribution < 1.29 is 19.0 Å². The Balaban J connectivity index is 1.62. The predicted octanol–water partition coefficient (Wildman–Crippen LogP) is 4.34. The number of nitrogens with zero attached hydrogens (tertiary/aromatic N) is 3. The first-order chi connectivity index (χ1) is 15.5. The normalized spacial score (nSPS) is 12.8. The zero-order valence-corrected chi connectivity index (χ0v) is 19.6. The van der Waals surface area contributed by atoms with Crippen molar-refractivity contribution >= 4 is 38.7 Å². The first-order valence-corrected chi connectivity index (χ1v) is 11.3. The van der Waals surface area contributed by atoms with Gasteiger partial charge in [0, 0.05) is 12.6 Å². The van der Waals surface area contributed by atoms with Gasteiger partial charge in [0.2, 0.25) is 6.79 Å². The molecule has 1 aliphatic heterocycles. The third-order valence-corrected chi connectivity index (χ3v) is 6.42. The fourth-order valence-corrected chi connectivity index (χ4v) is 4.58. The van der Waals surface area contributed by atoms with E-state index in [1.165, 1.54) is 11.3 Å². The first-order valence-electron chi connectivity index (χ1n) is 10.4. The Morgan fingerprint density at radius 3 is 2.78 bits per heavy atom. The fraction of sp³-hybridized carbons (Fsp3) is 0.333. The molecule has 1 aromatic heterocycles. The number of methoxy groups -OCH3 is 1. The highest BCUT2D eigenvalue weighted by molar-refractivity contribution is 7.22. The summed E-state index contributed by atoms with van der Waals surface area (Å²) >= 11 is 1.52. The maximum absolute atomic E-state index is 13.2. The largest absolute Gasteiger partial charge is 0.494 e. The van der Waals surface area contributed by atoms with Gasteiger partial charge in [0.1, 0.15) is 11.3 Å². The van der Waals surface area contributed by atoms with Crippen LogP contribution in [0.25, 0.3) is 16.3 Å². The minimum absolute atomic E-state index is 0.114. The molecule has 8 heteroatoms. The maximum Gasteiger partial charge on any atom is 0.252 e. The molecule has 1 aliphatic rings. The van der Waals surface area contributed by atoms with E-state index in [1.807, 2.05) is 51.4 Å². The van der Waals surface area contributed by atoms with Gasteiger partial charge in [-0.3, -0.25) is 9.69 Å². The van der Waals surface area contributed by atoms with Crippen molar-refractivity contribution in [2.24, 2.45) is 0 Å². The Kier molecular flexibility index (Phi) is 6.62. The first kappa shape index (κ1) is 22.1. The van der Waals surface area contributed by atoms with Gasteiger partial charge in [-0.05, 0) is 69.4 Å². The van der Waals surface area contributed by atoms with Crippen LogP contribution in [0, 0.1) is 6.92 Å². The molecule has 2 aromatic carbocycles. The number of rotatable bonds is 8. The minimum Gasteiger partial charge on any atom is -0.494 e. The number of hydrogen-bond donors (Lipinski definition) is 0. The number of fused-ring (bicyclic) bond motifs is 2. The van der Waals surface area contributed by atoms with Crippen LogP contribution in [-0.2, 0) is 4.79 Å². The lowest BCUT2D eigenvalue weighted by molar-refractivity contribution is -0.114. The van der Waals surface area contributed by atoms with Gasteiger partial charge in [-0.25, -0.2) is 4.98 Å². The zero-order chi connectivity index (χ0) is 22.7. The smallest absolute Gasteiger partial charge is 0.252 e. The molecule has 0 bridgehead atoms. The Morgan fingerprint density at radius 2 is 2.00 bits per heavy atom. The number of carbonyl (C=O) groups excluding carboxylic acids is 1. The van der Waals surface area contributed by atoms with Gasteiger partial charge in [0.15, 0.2) is 16.6 Å². The number of ether oxygens (including phenoxy) is 3. The summed E-state index contributed by atoms with van der Waals surface area (Å²) < 4.78 is 17.3. The molecular formula is C24H27N3O4S. The summed E-state index contributed by atoms with van der Waals surface area (Å²) in [5.74, 6) is 2.01. The molecule has 0 radical (unpaired) electrons. The van der Waals surface area contributed by atoms with Crippen molar-refractivity contribution in [3.63, 3.8) is 0 Å². The third-order valence-electron chi connectivity index (χ3n) is 5.21. The number of carbonyl (C=O) groups is 1. The second-order valence-corrected chi connectivity index (χ2v) is 8.83. The predicted molar refractivity (Wildman–Crippen MR) is 128 cm³/mol. The van der Waals surface area contributed by atoms with Gasteiger partial charge >= 0.3 is 0 Å². The Hall–Kier alpha value is -3.10. The van der Waals surface area contributed by atoms with Crippen molar-refractivity contribution in [2.45, 2.75) is 13.3 Å². The lowest BCUT2D eigenvalue weighted by Crippen LogP contribution is -2.32. The van der Waals surface area contributed by atoms with Crippen LogP contribution in [-0.4, -0.2) is 56.9 Å². The van der Waals surface area contributed by atoms with Crippen LogP contribution in [0.1, 0.15) is 17.5 Å². The Morgan fingerprint density at radius 1 is 1.19 bits per heavy atom. The Bertz CT molecular complexity index is 1160. The van der Waals surface area contributed by atoms with Gasteiger partial charge in [-0.2, -0.15) is 0 Å². The summed E-state index contributed by atoms with van der Waals surface area (Å²) in [7, 11) is 5.69. The molecule has 0 atom stereocenters. The van der Waals surface area contributed by atoms with Gasteiger partial charge in [0.05, 0.1) is 11.8 Å². The summed E-state index contributed by atoms with van der Waals surface area (Å²) in [4.78, 5) is 21.9. The molecule has 0 saturated carbocycles. The number of aromatic nitrogens is 1. The minimum atomic E-state index is -0.114. The molecule has 7 nitrogen and oxygen atoms in total. The van der Waals surface area contributed by atoms with Gasteiger partial charge in [-0.15, -0.1) is 0 Å². The molecule has 2 heterocycles. The van der Waals surface area contributed by atoms with Crippen LogP contribution in [0.3, 0.4) is 0 Å². The zero-order valence-electron chi connectivity index (χ0n) is 18.8. The van der Waals surface area contributed by atoms with Crippen LogP contribution in [0.4, 0.5) is 5.13 Å². The summed E-state index contributed by atoms with van der Waals surface area (Å²) in [5.41, 5.74) is 2.77. The molecule has 32 heavy (non-hydrogen) atoms. The third kappa shape index (κ3) is 4.71. The molecule has 0 fully saturated rings. The molecule has 168 valence electrons. The van der Waals surface area contributed by atoms with E-state index in [9.17, 15) is 4.79 Å². The maximum atomic E-state index is 13.2. The van der Waals surface area contributed by atoms with Crippen LogP contribution in [0.5, 0.6) is 17.2 Å². The van der Waals surface area contributed by atoms with Crippen LogP contribution in [0.15, 0.2) is 36.4 Å².